The SMILES string of the molecule is c1ccc(-c2ccc(N(c3cccc(-c4ccc5ccccc5c4)c3)c3ccccc3-c3cccc4oc5c6ccccc6ccc5c34)cc2)cc1. The molecular weight excluding hydrogens is 631 g/mol. The molecule has 0 bridgehead atoms. The molecule has 1 aromatic heterocycles. The number of hydrogen-bond donors (Lipinski definition) is 0. The maximum atomic E-state index is 6.63. The van der Waals surface area contributed by atoms with E-state index in [9.17, 15) is 0 Å². The number of furan rings is 1. The van der Waals surface area contributed by atoms with E-state index in [-0.39, 0.29) is 0 Å². The zero-order chi connectivity index (χ0) is 34.4. The lowest BCUT2D eigenvalue weighted by Gasteiger charge is -2.28. The van der Waals surface area contributed by atoms with Gasteiger partial charge in [-0.05, 0) is 92.5 Å². The van der Waals surface area contributed by atoms with Crippen LogP contribution in [0.5, 0.6) is 0 Å². The van der Waals surface area contributed by atoms with Crippen molar-refractivity contribution in [2.75, 3.05) is 4.90 Å². The van der Waals surface area contributed by atoms with Crippen LogP contribution in [0.1, 0.15) is 0 Å². The highest BCUT2D eigenvalue weighted by Crippen LogP contribution is 2.46. The standard InChI is InChI=1S/C50H33NO/c1-2-12-34(13-3-1)36-26-29-41(30-27-36)51(42-18-10-17-39(33-42)40-25-24-35-14-4-5-16-38(35)32-40)47-22-9-8-20-44(47)45-21-11-23-48-49(45)46-31-28-37-15-6-7-19-43(37)50(46)52-48/h1-33H. The normalized spacial score (nSPS) is 11.5. The second-order valence-corrected chi connectivity index (χ2v) is 13.3. The molecule has 0 amide bonds. The summed E-state index contributed by atoms with van der Waals surface area (Å²) in [5.74, 6) is 0. The summed E-state index contributed by atoms with van der Waals surface area (Å²) in [5.41, 5.74) is 12.1. The number of rotatable bonds is 6. The van der Waals surface area contributed by atoms with Crippen LogP contribution >= 0.6 is 0 Å². The molecule has 2 heteroatoms. The lowest BCUT2D eigenvalue weighted by Crippen LogP contribution is -2.11. The minimum atomic E-state index is 0.885. The summed E-state index contributed by atoms with van der Waals surface area (Å²) in [7, 11) is 0. The first-order chi connectivity index (χ1) is 25.8. The average Bonchev–Trinajstić information content (AvgIpc) is 3.62. The van der Waals surface area contributed by atoms with Gasteiger partial charge in [0, 0.05) is 33.1 Å². The Morgan fingerprint density at radius 2 is 0.981 bits per heavy atom. The summed E-state index contributed by atoms with van der Waals surface area (Å²) >= 11 is 0. The molecule has 2 nitrogen and oxygen atoms in total. The van der Waals surface area contributed by atoms with E-state index in [0.717, 1.165) is 55.5 Å². The molecule has 0 saturated heterocycles. The number of para-hydroxylation sites is 1. The molecule has 0 radical (unpaired) electrons. The van der Waals surface area contributed by atoms with Crippen molar-refractivity contribution in [3.63, 3.8) is 0 Å². The Labute approximate surface area is 302 Å². The molecule has 0 unspecified atom stereocenters. The van der Waals surface area contributed by atoms with Crippen molar-refractivity contribution in [1.82, 2.24) is 0 Å². The Balaban J connectivity index is 1.18. The Kier molecular flexibility index (Phi) is 7.18. The van der Waals surface area contributed by atoms with Crippen molar-refractivity contribution < 1.29 is 4.42 Å². The maximum Gasteiger partial charge on any atom is 0.143 e. The summed E-state index contributed by atoms with van der Waals surface area (Å²) < 4.78 is 6.63. The van der Waals surface area contributed by atoms with Gasteiger partial charge in [0.25, 0.3) is 0 Å². The molecule has 0 saturated carbocycles. The van der Waals surface area contributed by atoms with Crippen molar-refractivity contribution in [3.05, 3.63) is 200 Å². The zero-order valence-corrected chi connectivity index (χ0v) is 28.4. The van der Waals surface area contributed by atoms with Crippen molar-refractivity contribution in [3.8, 4) is 33.4 Å². The molecule has 0 N–H and O–H groups in total. The molecule has 10 aromatic rings. The second-order valence-electron chi connectivity index (χ2n) is 13.3. The Morgan fingerprint density at radius 1 is 0.346 bits per heavy atom. The average molecular weight is 664 g/mol. The first-order valence-electron chi connectivity index (χ1n) is 17.8. The Morgan fingerprint density at radius 3 is 1.87 bits per heavy atom. The lowest BCUT2D eigenvalue weighted by atomic mass is 9.95. The van der Waals surface area contributed by atoms with Gasteiger partial charge in [0.1, 0.15) is 11.2 Å². The number of nitrogens with zero attached hydrogens (tertiary/aromatic N) is 1. The molecule has 9 aromatic carbocycles. The smallest absolute Gasteiger partial charge is 0.143 e. The maximum absolute atomic E-state index is 6.63. The molecule has 10 rings (SSSR count). The third-order valence-electron chi connectivity index (χ3n) is 10.2. The van der Waals surface area contributed by atoms with Crippen LogP contribution in [-0.2, 0) is 0 Å². The van der Waals surface area contributed by atoms with Gasteiger partial charge in [-0.15, -0.1) is 0 Å². The fourth-order valence-electron chi connectivity index (χ4n) is 7.73. The number of hydrogen-bond acceptors (Lipinski definition) is 2. The van der Waals surface area contributed by atoms with E-state index >= 15 is 0 Å². The lowest BCUT2D eigenvalue weighted by molar-refractivity contribution is 0.673. The van der Waals surface area contributed by atoms with E-state index < -0.39 is 0 Å². The number of anilines is 3. The third kappa shape index (κ3) is 5.12. The van der Waals surface area contributed by atoms with Gasteiger partial charge in [0.2, 0.25) is 0 Å². The summed E-state index contributed by atoms with van der Waals surface area (Å²) in [6.07, 6.45) is 0. The fourth-order valence-corrected chi connectivity index (χ4v) is 7.73. The van der Waals surface area contributed by atoms with Crippen molar-refractivity contribution in [2.45, 2.75) is 0 Å². The summed E-state index contributed by atoms with van der Waals surface area (Å²) in [6, 6.07) is 71.7. The molecule has 0 aliphatic carbocycles. The van der Waals surface area contributed by atoms with Crippen LogP contribution in [0.2, 0.25) is 0 Å². The highest BCUT2D eigenvalue weighted by atomic mass is 16.3. The van der Waals surface area contributed by atoms with E-state index in [1.165, 1.54) is 38.4 Å². The van der Waals surface area contributed by atoms with Gasteiger partial charge < -0.3 is 9.32 Å². The first-order valence-corrected chi connectivity index (χ1v) is 17.8. The molecule has 0 aliphatic rings. The highest BCUT2D eigenvalue weighted by molar-refractivity contribution is 6.19. The van der Waals surface area contributed by atoms with Gasteiger partial charge in [-0.3, -0.25) is 0 Å². The predicted molar refractivity (Wildman–Crippen MR) is 220 cm³/mol. The summed E-state index contributed by atoms with van der Waals surface area (Å²) in [4.78, 5) is 2.39. The molecule has 244 valence electrons. The van der Waals surface area contributed by atoms with Crippen LogP contribution in [-0.4, -0.2) is 0 Å². The van der Waals surface area contributed by atoms with Gasteiger partial charge in [-0.1, -0.05) is 152 Å². The highest BCUT2D eigenvalue weighted by Gasteiger charge is 2.21. The van der Waals surface area contributed by atoms with Crippen molar-refractivity contribution >= 4 is 60.5 Å². The largest absolute Gasteiger partial charge is 0.455 e. The van der Waals surface area contributed by atoms with Gasteiger partial charge in [0.05, 0.1) is 5.69 Å². The number of benzene rings is 9. The van der Waals surface area contributed by atoms with Crippen LogP contribution in [0.3, 0.4) is 0 Å². The van der Waals surface area contributed by atoms with Gasteiger partial charge >= 0.3 is 0 Å². The van der Waals surface area contributed by atoms with Crippen LogP contribution in [0.25, 0.3) is 76.9 Å². The van der Waals surface area contributed by atoms with Crippen LogP contribution < -0.4 is 4.90 Å². The van der Waals surface area contributed by atoms with E-state index in [0.29, 0.717) is 0 Å². The number of fused-ring (bicyclic) bond motifs is 6. The van der Waals surface area contributed by atoms with Crippen molar-refractivity contribution in [2.24, 2.45) is 0 Å². The summed E-state index contributed by atoms with van der Waals surface area (Å²) in [6.45, 7) is 0. The van der Waals surface area contributed by atoms with E-state index in [4.69, 9.17) is 4.42 Å². The molecule has 1 heterocycles. The Hall–Kier alpha value is -6.90. The van der Waals surface area contributed by atoms with Gasteiger partial charge in [0.15, 0.2) is 0 Å². The van der Waals surface area contributed by atoms with Gasteiger partial charge in [-0.2, -0.15) is 0 Å². The minimum absolute atomic E-state index is 0.885. The van der Waals surface area contributed by atoms with E-state index in [1.807, 2.05) is 0 Å². The molecule has 0 aliphatic heterocycles. The van der Waals surface area contributed by atoms with Crippen LogP contribution in [0.15, 0.2) is 205 Å². The first kappa shape index (κ1) is 30.0. The van der Waals surface area contributed by atoms with E-state index in [2.05, 4.69) is 205 Å². The van der Waals surface area contributed by atoms with Crippen LogP contribution in [0.4, 0.5) is 17.1 Å². The minimum Gasteiger partial charge on any atom is -0.455 e. The molecule has 0 spiro atoms. The molecule has 0 fully saturated rings. The monoisotopic (exact) mass is 663 g/mol. The van der Waals surface area contributed by atoms with Crippen LogP contribution in [0, 0.1) is 0 Å². The second kappa shape index (κ2) is 12.5. The molecule has 0 atom stereocenters. The fraction of sp³-hybridized carbons (Fsp3) is 0. The molecule has 52 heavy (non-hydrogen) atoms. The third-order valence-corrected chi connectivity index (χ3v) is 10.2. The topological polar surface area (TPSA) is 16.4 Å². The molecular formula is C50H33NO. The quantitative estimate of drug-likeness (QED) is 0.176. The van der Waals surface area contributed by atoms with Gasteiger partial charge in [-0.25, -0.2) is 0 Å². The summed E-state index contributed by atoms with van der Waals surface area (Å²) in [5, 5.41) is 7.02. The Bertz CT molecular complexity index is 2900. The zero-order valence-electron chi connectivity index (χ0n) is 28.4. The van der Waals surface area contributed by atoms with E-state index in [1.54, 1.807) is 0 Å². The van der Waals surface area contributed by atoms with Crippen molar-refractivity contribution in [1.29, 1.82) is 0 Å². The predicted octanol–water partition coefficient (Wildman–Crippen LogP) is 14.4.